The number of thiophene rings is 1. The van der Waals surface area contributed by atoms with Crippen LogP contribution in [0.15, 0.2) is 36.0 Å². The van der Waals surface area contributed by atoms with Crippen LogP contribution >= 0.6 is 11.3 Å². The number of carbonyl (C=O) groups excluding carboxylic acids is 1. The number of hydrogen-bond acceptors (Lipinski definition) is 6. The van der Waals surface area contributed by atoms with Gasteiger partial charge in [-0.3, -0.25) is 4.79 Å². The van der Waals surface area contributed by atoms with E-state index >= 15 is 0 Å². The molecule has 8 heteroatoms. The van der Waals surface area contributed by atoms with E-state index in [0.29, 0.717) is 11.7 Å². The predicted octanol–water partition coefficient (Wildman–Crippen LogP) is 3.61. The first-order valence-corrected chi connectivity index (χ1v) is 9.85. The largest absolute Gasteiger partial charge is 0.480 e. The molecule has 3 aromatic rings. The number of amides is 1. The van der Waals surface area contributed by atoms with Crippen LogP contribution in [0, 0.1) is 0 Å². The van der Waals surface area contributed by atoms with Crippen LogP contribution in [0.3, 0.4) is 0 Å². The van der Waals surface area contributed by atoms with E-state index < -0.39 is 17.9 Å². The lowest BCUT2D eigenvalue weighted by Crippen LogP contribution is -2.31. The van der Waals surface area contributed by atoms with Gasteiger partial charge in [-0.2, -0.15) is 0 Å². The molecule has 0 spiro atoms. The maximum absolute atomic E-state index is 11.6. The lowest BCUT2D eigenvalue weighted by molar-refractivity contribution is -0.138. The van der Waals surface area contributed by atoms with Gasteiger partial charge < -0.3 is 16.2 Å². The van der Waals surface area contributed by atoms with E-state index in [2.05, 4.69) is 53.4 Å². The number of rotatable bonds is 8. The zero-order valence-electron chi connectivity index (χ0n) is 15.7. The number of benzene rings is 1. The fourth-order valence-corrected chi connectivity index (χ4v) is 3.87. The summed E-state index contributed by atoms with van der Waals surface area (Å²) >= 11 is 1.47. The molecule has 0 saturated heterocycles. The molecule has 0 aliphatic carbocycles. The van der Waals surface area contributed by atoms with Crippen LogP contribution < -0.4 is 11.1 Å². The van der Waals surface area contributed by atoms with Gasteiger partial charge in [0.2, 0.25) is 5.91 Å². The number of aliphatic carboxylic acids is 1. The summed E-state index contributed by atoms with van der Waals surface area (Å²) in [6.45, 7) is 4.28. The highest BCUT2D eigenvalue weighted by molar-refractivity contribution is 7.17. The molecule has 1 amide bonds. The summed E-state index contributed by atoms with van der Waals surface area (Å²) in [6.07, 6.45) is 1.46. The predicted molar refractivity (Wildman–Crippen MR) is 110 cm³/mol. The van der Waals surface area contributed by atoms with Gasteiger partial charge in [0.1, 0.15) is 23.0 Å². The summed E-state index contributed by atoms with van der Waals surface area (Å²) in [5, 5.41) is 15.2. The van der Waals surface area contributed by atoms with Crippen molar-refractivity contribution in [2.75, 3.05) is 5.32 Å². The number of primary amides is 1. The second kappa shape index (κ2) is 8.35. The average Bonchev–Trinajstić information content (AvgIpc) is 3.09. The van der Waals surface area contributed by atoms with Crippen LogP contribution in [0.2, 0.25) is 0 Å². The molecule has 2 heterocycles. The first-order chi connectivity index (χ1) is 13.4. The third-order valence-electron chi connectivity index (χ3n) is 4.55. The van der Waals surface area contributed by atoms with Gasteiger partial charge in [-0.25, -0.2) is 14.8 Å². The monoisotopic (exact) mass is 398 g/mol. The number of anilines is 1. The summed E-state index contributed by atoms with van der Waals surface area (Å²) in [7, 11) is 0. The number of nitrogens with two attached hydrogens (primary N) is 1. The highest BCUT2D eigenvalue weighted by Gasteiger charge is 2.21. The van der Waals surface area contributed by atoms with Crippen LogP contribution in [0.5, 0.6) is 0 Å². The van der Waals surface area contributed by atoms with E-state index in [9.17, 15) is 14.7 Å². The molecule has 0 bridgehead atoms. The van der Waals surface area contributed by atoms with Crippen LogP contribution in [0.25, 0.3) is 21.3 Å². The number of carboxylic acid groups (broad SMARTS) is 1. The zero-order chi connectivity index (χ0) is 20.3. The molecule has 0 aliphatic rings. The number of carbonyl (C=O) groups is 2. The fraction of sp³-hybridized carbons (Fsp3) is 0.300. The summed E-state index contributed by atoms with van der Waals surface area (Å²) in [4.78, 5) is 32.0. The second-order valence-electron chi connectivity index (χ2n) is 6.87. The second-order valence-corrected chi connectivity index (χ2v) is 7.73. The molecule has 7 nitrogen and oxygen atoms in total. The molecule has 2 aromatic heterocycles. The Hall–Kier alpha value is -3.00. The van der Waals surface area contributed by atoms with Crippen molar-refractivity contribution in [1.29, 1.82) is 0 Å². The molecule has 4 N–H and O–H groups in total. The number of carboxylic acids is 1. The standard InChI is InChI=1S/C20H22N4O3S/c1-11(2)12-3-5-13(6-4-12)14-9-28-19-17(14)18(22-10-23-19)24-15(20(26)27)7-8-16(21)25/h3-6,9-11,15H,7-8H2,1-2H3,(H2,21,25)(H,26,27)(H,22,23,24). The van der Waals surface area contributed by atoms with E-state index in [1.54, 1.807) is 0 Å². The number of aromatic nitrogens is 2. The normalized spacial score (nSPS) is 12.2. The van der Waals surface area contributed by atoms with Gasteiger partial charge in [-0.1, -0.05) is 38.1 Å². The molecular formula is C20H22N4O3S. The molecule has 3 rings (SSSR count). The Labute approximate surface area is 166 Å². The summed E-state index contributed by atoms with van der Waals surface area (Å²) in [5.74, 6) is -0.727. The van der Waals surface area contributed by atoms with E-state index in [0.717, 1.165) is 21.3 Å². The fourth-order valence-electron chi connectivity index (χ4n) is 2.95. The summed E-state index contributed by atoms with van der Waals surface area (Å²) < 4.78 is 0. The first-order valence-electron chi connectivity index (χ1n) is 8.97. The van der Waals surface area contributed by atoms with Gasteiger partial charge in [0.25, 0.3) is 0 Å². The third-order valence-corrected chi connectivity index (χ3v) is 5.43. The molecule has 0 radical (unpaired) electrons. The number of nitrogens with one attached hydrogen (secondary N) is 1. The number of nitrogens with zero attached hydrogens (tertiary/aromatic N) is 2. The Balaban J connectivity index is 1.98. The van der Waals surface area contributed by atoms with Crippen molar-refractivity contribution in [3.8, 4) is 11.1 Å². The Morgan fingerprint density at radius 3 is 2.54 bits per heavy atom. The van der Waals surface area contributed by atoms with Crippen LogP contribution in [0.4, 0.5) is 5.82 Å². The smallest absolute Gasteiger partial charge is 0.326 e. The van der Waals surface area contributed by atoms with Crippen molar-refractivity contribution in [2.24, 2.45) is 5.73 Å². The zero-order valence-corrected chi connectivity index (χ0v) is 16.5. The van der Waals surface area contributed by atoms with Crippen LogP contribution in [0.1, 0.15) is 38.2 Å². The van der Waals surface area contributed by atoms with Gasteiger partial charge in [0, 0.05) is 17.4 Å². The van der Waals surface area contributed by atoms with Crippen molar-refractivity contribution in [2.45, 2.75) is 38.6 Å². The van der Waals surface area contributed by atoms with Crippen molar-refractivity contribution in [3.05, 3.63) is 41.5 Å². The minimum Gasteiger partial charge on any atom is -0.480 e. The van der Waals surface area contributed by atoms with E-state index in [4.69, 9.17) is 5.73 Å². The maximum atomic E-state index is 11.6. The van der Waals surface area contributed by atoms with Gasteiger partial charge in [-0.05, 0) is 23.5 Å². The summed E-state index contributed by atoms with van der Waals surface area (Å²) in [5.41, 5.74) is 8.36. The number of hydrogen-bond donors (Lipinski definition) is 3. The molecule has 28 heavy (non-hydrogen) atoms. The quantitative estimate of drug-likeness (QED) is 0.533. The van der Waals surface area contributed by atoms with Crippen LogP contribution in [-0.4, -0.2) is 33.0 Å². The van der Waals surface area contributed by atoms with Gasteiger partial charge in [0.05, 0.1) is 5.39 Å². The number of fused-ring (bicyclic) bond motifs is 1. The third kappa shape index (κ3) is 4.28. The highest BCUT2D eigenvalue weighted by Crippen LogP contribution is 2.37. The molecule has 1 aromatic carbocycles. The molecule has 146 valence electrons. The topological polar surface area (TPSA) is 118 Å². The molecule has 1 unspecified atom stereocenters. The van der Waals surface area contributed by atoms with Gasteiger partial charge in [-0.15, -0.1) is 11.3 Å². The Bertz CT molecular complexity index is 998. The summed E-state index contributed by atoms with van der Waals surface area (Å²) in [6, 6.07) is 7.31. The SMILES string of the molecule is CC(C)c1ccc(-c2csc3ncnc(NC(CCC(N)=O)C(=O)O)c23)cc1. The van der Waals surface area contributed by atoms with Crippen molar-refractivity contribution < 1.29 is 14.7 Å². The minimum absolute atomic E-state index is 0.0225. The van der Waals surface area contributed by atoms with E-state index in [1.807, 2.05) is 5.38 Å². The van der Waals surface area contributed by atoms with E-state index in [-0.39, 0.29) is 12.8 Å². The van der Waals surface area contributed by atoms with Crippen molar-refractivity contribution in [3.63, 3.8) is 0 Å². The molecule has 0 fully saturated rings. The first kappa shape index (κ1) is 19.8. The molecule has 0 aliphatic heterocycles. The van der Waals surface area contributed by atoms with Gasteiger partial charge >= 0.3 is 5.97 Å². The van der Waals surface area contributed by atoms with Crippen LogP contribution in [-0.2, 0) is 9.59 Å². The van der Waals surface area contributed by atoms with Crippen molar-refractivity contribution in [1.82, 2.24) is 9.97 Å². The Morgan fingerprint density at radius 2 is 1.93 bits per heavy atom. The lowest BCUT2D eigenvalue weighted by Gasteiger charge is -2.15. The van der Waals surface area contributed by atoms with E-state index in [1.165, 1.54) is 23.2 Å². The Morgan fingerprint density at radius 1 is 1.21 bits per heavy atom. The molecule has 1 atom stereocenters. The van der Waals surface area contributed by atoms with Gasteiger partial charge in [0.15, 0.2) is 0 Å². The molecule has 0 saturated carbocycles. The Kier molecular flexibility index (Phi) is 5.89. The van der Waals surface area contributed by atoms with Crippen molar-refractivity contribution >= 4 is 39.2 Å². The maximum Gasteiger partial charge on any atom is 0.326 e. The highest BCUT2D eigenvalue weighted by atomic mass is 32.1. The average molecular weight is 398 g/mol. The minimum atomic E-state index is -1.06. The molecular weight excluding hydrogens is 376 g/mol. The lowest BCUT2D eigenvalue weighted by atomic mass is 9.99.